The second-order valence-electron chi connectivity index (χ2n) is 7.88. The Morgan fingerprint density at radius 3 is 1.27 bits per heavy atom. The largest absolute Gasteiger partial charge is 0.392 e. The van der Waals surface area contributed by atoms with Crippen LogP contribution in [-0.4, -0.2) is 22.4 Å². The van der Waals surface area contributed by atoms with E-state index in [1.807, 2.05) is 13.8 Å². The van der Waals surface area contributed by atoms with E-state index in [1.165, 1.54) is 12.8 Å². The molecule has 0 aromatic carbocycles. The summed E-state index contributed by atoms with van der Waals surface area (Å²) in [5, 5.41) is 19.3. The molecule has 0 aliphatic heterocycles. The summed E-state index contributed by atoms with van der Waals surface area (Å²) in [6, 6.07) is 0. The number of aliphatic hydroxyl groups is 2. The minimum absolute atomic E-state index is 0.128. The third kappa shape index (κ3) is 5.89. The Morgan fingerprint density at radius 2 is 1.05 bits per heavy atom. The first-order chi connectivity index (χ1) is 10.2. The van der Waals surface area contributed by atoms with Crippen LogP contribution < -0.4 is 0 Å². The fourth-order valence-electron chi connectivity index (χ4n) is 3.85. The molecule has 22 heavy (non-hydrogen) atoms. The molecular weight excluding hydrogens is 272 g/mol. The third-order valence-corrected chi connectivity index (χ3v) is 5.42. The Morgan fingerprint density at radius 1 is 0.727 bits per heavy atom. The lowest BCUT2D eigenvalue weighted by molar-refractivity contribution is 0.0653. The molecule has 2 aliphatic rings. The molecule has 0 radical (unpaired) electrons. The average molecular weight is 309 g/mol. The van der Waals surface area contributed by atoms with E-state index in [0.29, 0.717) is 23.7 Å². The first-order valence-corrected chi connectivity index (χ1v) is 8.89. The summed E-state index contributed by atoms with van der Waals surface area (Å²) in [5.41, 5.74) is 2.29. The number of rotatable bonds is 2. The van der Waals surface area contributed by atoms with E-state index in [4.69, 9.17) is 0 Å². The standard InChI is InChI=1S/2C10H18O/c2*1-7(2)9-5-4-8(3)6-10(9)11/h2*8-11H,1,4-6H2,2-3H3/t2*8-,9+,10-/m11/s1. The average Bonchev–Trinajstić information content (AvgIpc) is 2.38. The molecule has 2 saturated carbocycles. The zero-order valence-electron chi connectivity index (χ0n) is 15.0. The van der Waals surface area contributed by atoms with Gasteiger partial charge in [-0.1, -0.05) is 38.2 Å². The Kier molecular flexibility index (Phi) is 7.85. The number of hydrogen-bond acceptors (Lipinski definition) is 2. The summed E-state index contributed by atoms with van der Waals surface area (Å²) >= 11 is 0. The molecule has 2 fully saturated rings. The van der Waals surface area contributed by atoms with Gasteiger partial charge in [-0.05, 0) is 64.2 Å². The summed E-state index contributed by atoms with van der Waals surface area (Å²) in [4.78, 5) is 0. The second-order valence-corrected chi connectivity index (χ2v) is 7.88. The molecular formula is C20H36O2. The fourth-order valence-corrected chi connectivity index (χ4v) is 3.85. The molecule has 0 amide bonds. The zero-order chi connectivity index (χ0) is 16.9. The second kappa shape index (κ2) is 8.88. The lowest BCUT2D eigenvalue weighted by atomic mass is 9.78. The maximum absolute atomic E-state index is 9.65. The molecule has 2 N–H and O–H groups in total. The van der Waals surface area contributed by atoms with Crippen molar-refractivity contribution in [3.63, 3.8) is 0 Å². The molecule has 0 spiro atoms. The van der Waals surface area contributed by atoms with Crippen LogP contribution in [0.5, 0.6) is 0 Å². The molecule has 0 saturated heterocycles. The SMILES string of the molecule is C=C(C)[C@@H]1CC[C@@H](C)C[C@H]1O.C=C(C)[C@@H]1CC[C@@H](C)C[C@H]1O. The molecule has 6 atom stereocenters. The number of hydrogen-bond donors (Lipinski definition) is 2. The van der Waals surface area contributed by atoms with Crippen LogP contribution in [0.25, 0.3) is 0 Å². The third-order valence-electron chi connectivity index (χ3n) is 5.42. The van der Waals surface area contributed by atoms with Crippen molar-refractivity contribution in [2.24, 2.45) is 23.7 Å². The number of aliphatic hydroxyl groups excluding tert-OH is 2. The van der Waals surface area contributed by atoms with Crippen LogP contribution in [0.15, 0.2) is 24.3 Å². The van der Waals surface area contributed by atoms with Crippen molar-refractivity contribution >= 4 is 0 Å². The highest BCUT2D eigenvalue weighted by Crippen LogP contribution is 2.33. The van der Waals surface area contributed by atoms with Crippen molar-refractivity contribution in [1.29, 1.82) is 0 Å². The minimum Gasteiger partial charge on any atom is -0.392 e. The first-order valence-electron chi connectivity index (χ1n) is 8.89. The van der Waals surface area contributed by atoms with E-state index >= 15 is 0 Å². The van der Waals surface area contributed by atoms with Gasteiger partial charge in [-0.2, -0.15) is 0 Å². The Labute approximate surface area is 137 Å². The van der Waals surface area contributed by atoms with Gasteiger partial charge >= 0.3 is 0 Å². The van der Waals surface area contributed by atoms with Crippen LogP contribution in [0.3, 0.4) is 0 Å². The highest BCUT2D eigenvalue weighted by molar-refractivity contribution is 5.02. The Balaban J connectivity index is 0.000000220. The Hall–Kier alpha value is -0.600. The quantitative estimate of drug-likeness (QED) is 0.725. The lowest BCUT2D eigenvalue weighted by Gasteiger charge is -2.31. The van der Waals surface area contributed by atoms with Gasteiger partial charge in [-0.3, -0.25) is 0 Å². The van der Waals surface area contributed by atoms with E-state index in [2.05, 4.69) is 27.0 Å². The molecule has 2 nitrogen and oxygen atoms in total. The molecule has 128 valence electrons. The highest BCUT2D eigenvalue weighted by atomic mass is 16.3. The van der Waals surface area contributed by atoms with Crippen molar-refractivity contribution in [2.45, 2.75) is 78.4 Å². The van der Waals surface area contributed by atoms with Crippen LogP contribution in [0.1, 0.15) is 66.2 Å². The van der Waals surface area contributed by atoms with Crippen LogP contribution >= 0.6 is 0 Å². The van der Waals surface area contributed by atoms with E-state index < -0.39 is 0 Å². The predicted molar refractivity (Wildman–Crippen MR) is 94.7 cm³/mol. The molecule has 0 heterocycles. The summed E-state index contributed by atoms with van der Waals surface area (Å²) < 4.78 is 0. The van der Waals surface area contributed by atoms with Crippen molar-refractivity contribution in [1.82, 2.24) is 0 Å². The van der Waals surface area contributed by atoms with Gasteiger partial charge in [0, 0.05) is 11.8 Å². The van der Waals surface area contributed by atoms with Gasteiger partial charge in [0.15, 0.2) is 0 Å². The monoisotopic (exact) mass is 308 g/mol. The van der Waals surface area contributed by atoms with Crippen molar-refractivity contribution in [2.75, 3.05) is 0 Å². The fraction of sp³-hybridized carbons (Fsp3) is 0.800. The lowest BCUT2D eigenvalue weighted by Crippen LogP contribution is -2.28. The van der Waals surface area contributed by atoms with Crippen molar-refractivity contribution < 1.29 is 10.2 Å². The van der Waals surface area contributed by atoms with E-state index in [-0.39, 0.29) is 12.2 Å². The van der Waals surface area contributed by atoms with Gasteiger partial charge in [0.05, 0.1) is 12.2 Å². The van der Waals surface area contributed by atoms with Crippen LogP contribution in [-0.2, 0) is 0 Å². The van der Waals surface area contributed by atoms with Crippen LogP contribution in [0, 0.1) is 23.7 Å². The zero-order valence-corrected chi connectivity index (χ0v) is 15.0. The molecule has 0 unspecified atom stereocenters. The minimum atomic E-state index is -0.128. The summed E-state index contributed by atoms with van der Waals surface area (Å²) in [6.45, 7) is 16.2. The molecule has 0 bridgehead atoms. The van der Waals surface area contributed by atoms with Gasteiger partial charge in [0.1, 0.15) is 0 Å². The van der Waals surface area contributed by atoms with Crippen molar-refractivity contribution in [3.05, 3.63) is 24.3 Å². The van der Waals surface area contributed by atoms with Crippen molar-refractivity contribution in [3.8, 4) is 0 Å². The molecule has 2 aliphatic carbocycles. The molecule has 0 aromatic rings. The smallest absolute Gasteiger partial charge is 0.0607 e. The maximum Gasteiger partial charge on any atom is 0.0607 e. The van der Waals surface area contributed by atoms with Gasteiger partial charge in [0.2, 0.25) is 0 Å². The van der Waals surface area contributed by atoms with E-state index in [0.717, 1.165) is 36.8 Å². The van der Waals surface area contributed by atoms with E-state index in [1.54, 1.807) is 0 Å². The highest BCUT2D eigenvalue weighted by Gasteiger charge is 2.27. The summed E-state index contributed by atoms with van der Waals surface area (Å²) in [5.74, 6) is 2.12. The maximum atomic E-state index is 9.65. The van der Waals surface area contributed by atoms with Gasteiger partial charge in [0.25, 0.3) is 0 Å². The molecule has 2 rings (SSSR count). The topological polar surface area (TPSA) is 40.5 Å². The summed E-state index contributed by atoms with van der Waals surface area (Å²) in [6.07, 6.45) is 6.39. The van der Waals surface area contributed by atoms with Gasteiger partial charge in [-0.25, -0.2) is 0 Å². The predicted octanol–water partition coefficient (Wildman–Crippen LogP) is 4.72. The van der Waals surface area contributed by atoms with Crippen LogP contribution in [0.4, 0.5) is 0 Å². The van der Waals surface area contributed by atoms with Gasteiger partial charge < -0.3 is 10.2 Å². The Bertz CT molecular complexity index is 338. The van der Waals surface area contributed by atoms with E-state index in [9.17, 15) is 10.2 Å². The van der Waals surface area contributed by atoms with Gasteiger partial charge in [-0.15, -0.1) is 0 Å². The summed E-state index contributed by atoms with van der Waals surface area (Å²) in [7, 11) is 0. The first kappa shape index (κ1) is 19.4. The normalized spacial score (nSPS) is 38.6. The molecule has 0 aromatic heterocycles. The van der Waals surface area contributed by atoms with Crippen LogP contribution in [0.2, 0.25) is 0 Å². The molecule has 2 heteroatoms.